The Bertz CT molecular complexity index is 943. The minimum atomic E-state index is -0.538. The van der Waals surface area contributed by atoms with Gasteiger partial charge in [0.15, 0.2) is 11.0 Å². The SMILES string of the molecule is Cc1ccc(N2C(=O)/C(=C\c3ccc(N(C)C)o3)C(=O)NC2=S)c(C)c1. The third-order valence-corrected chi connectivity index (χ3v) is 4.32. The second-order valence-corrected chi connectivity index (χ2v) is 6.70. The normalized spacial score (nSPS) is 16.2. The van der Waals surface area contributed by atoms with Gasteiger partial charge in [-0.3, -0.25) is 19.8 Å². The number of aryl methyl sites for hydroxylation is 2. The molecular weight excluding hydrogens is 350 g/mol. The lowest BCUT2D eigenvalue weighted by Crippen LogP contribution is -2.54. The number of hydrogen-bond acceptors (Lipinski definition) is 5. The van der Waals surface area contributed by atoms with Crippen molar-refractivity contribution in [1.82, 2.24) is 5.32 Å². The second-order valence-electron chi connectivity index (χ2n) is 6.32. The van der Waals surface area contributed by atoms with Gasteiger partial charge in [0.25, 0.3) is 11.8 Å². The quantitative estimate of drug-likeness (QED) is 0.512. The molecule has 1 aromatic heterocycles. The number of amides is 2. The van der Waals surface area contributed by atoms with Gasteiger partial charge >= 0.3 is 0 Å². The highest BCUT2D eigenvalue weighted by Gasteiger charge is 2.35. The van der Waals surface area contributed by atoms with Crippen LogP contribution in [-0.2, 0) is 9.59 Å². The van der Waals surface area contributed by atoms with E-state index in [1.54, 1.807) is 17.0 Å². The summed E-state index contributed by atoms with van der Waals surface area (Å²) >= 11 is 5.23. The van der Waals surface area contributed by atoms with Crippen LogP contribution in [0.4, 0.5) is 11.6 Å². The second kappa shape index (κ2) is 6.76. The zero-order valence-corrected chi connectivity index (χ0v) is 15.8. The van der Waals surface area contributed by atoms with Gasteiger partial charge < -0.3 is 9.32 Å². The van der Waals surface area contributed by atoms with Gasteiger partial charge in [0, 0.05) is 20.2 Å². The third-order valence-electron chi connectivity index (χ3n) is 4.03. The van der Waals surface area contributed by atoms with Crippen LogP contribution in [0.5, 0.6) is 0 Å². The van der Waals surface area contributed by atoms with Gasteiger partial charge in [0.05, 0.1) is 5.69 Å². The lowest BCUT2D eigenvalue weighted by molar-refractivity contribution is -0.122. The van der Waals surface area contributed by atoms with E-state index in [1.165, 1.54) is 11.0 Å². The van der Waals surface area contributed by atoms with Crippen molar-refractivity contribution < 1.29 is 14.0 Å². The first-order valence-corrected chi connectivity index (χ1v) is 8.44. The first-order valence-electron chi connectivity index (χ1n) is 8.04. The number of anilines is 2. The lowest BCUT2D eigenvalue weighted by Gasteiger charge is -2.30. The van der Waals surface area contributed by atoms with E-state index < -0.39 is 11.8 Å². The Morgan fingerprint density at radius 2 is 1.88 bits per heavy atom. The number of thiocarbonyl (C=S) groups is 1. The van der Waals surface area contributed by atoms with Crippen LogP contribution in [0.25, 0.3) is 6.08 Å². The summed E-state index contributed by atoms with van der Waals surface area (Å²) in [5, 5.41) is 2.64. The molecule has 7 heteroatoms. The predicted molar refractivity (Wildman–Crippen MR) is 105 cm³/mol. The van der Waals surface area contributed by atoms with Crippen LogP contribution in [0, 0.1) is 13.8 Å². The highest BCUT2D eigenvalue weighted by atomic mass is 32.1. The molecule has 0 atom stereocenters. The molecule has 1 fully saturated rings. The van der Waals surface area contributed by atoms with E-state index in [0.29, 0.717) is 17.3 Å². The zero-order valence-electron chi connectivity index (χ0n) is 15.0. The van der Waals surface area contributed by atoms with E-state index in [-0.39, 0.29) is 10.7 Å². The monoisotopic (exact) mass is 369 g/mol. The maximum Gasteiger partial charge on any atom is 0.270 e. The number of rotatable bonds is 3. The van der Waals surface area contributed by atoms with Gasteiger partial charge in [-0.2, -0.15) is 0 Å². The van der Waals surface area contributed by atoms with Gasteiger partial charge in [-0.25, -0.2) is 0 Å². The van der Waals surface area contributed by atoms with E-state index in [1.807, 2.05) is 46.1 Å². The lowest BCUT2D eigenvalue weighted by atomic mass is 10.1. The van der Waals surface area contributed by atoms with Crippen LogP contribution in [0.3, 0.4) is 0 Å². The van der Waals surface area contributed by atoms with Crippen LogP contribution in [0.15, 0.2) is 40.3 Å². The van der Waals surface area contributed by atoms with Gasteiger partial charge in [-0.15, -0.1) is 0 Å². The van der Waals surface area contributed by atoms with E-state index >= 15 is 0 Å². The summed E-state index contributed by atoms with van der Waals surface area (Å²) in [5.41, 5.74) is 2.58. The molecule has 1 aliphatic rings. The minimum absolute atomic E-state index is 0.0294. The Balaban J connectivity index is 2.01. The van der Waals surface area contributed by atoms with Crippen molar-refractivity contribution >= 4 is 46.8 Å². The largest absolute Gasteiger partial charge is 0.441 e. The van der Waals surface area contributed by atoms with Crippen molar-refractivity contribution in [2.75, 3.05) is 23.9 Å². The van der Waals surface area contributed by atoms with Crippen LogP contribution in [-0.4, -0.2) is 31.0 Å². The molecule has 0 radical (unpaired) electrons. The predicted octanol–water partition coefficient (Wildman–Crippen LogP) is 2.79. The molecular formula is C19H19N3O3S. The fraction of sp³-hybridized carbons (Fsp3) is 0.211. The molecule has 2 heterocycles. The summed E-state index contributed by atoms with van der Waals surface area (Å²) in [5.74, 6) is 0.0280. The Morgan fingerprint density at radius 1 is 1.15 bits per heavy atom. The number of hydrogen-bond donors (Lipinski definition) is 1. The van der Waals surface area contributed by atoms with Gasteiger partial charge in [-0.1, -0.05) is 17.7 Å². The van der Waals surface area contributed by atoms with Crippen molar-refractivity contribution in [3.8, 4) is 0 Å². The van der Waals surface area contributed by atoms with E-state index in [2.05, 4.69) is 5.32 Å². The van der Waals surface area contributed by atoms with Crippen LogP contribution in [0.2, 0.25) is 0 Å². The first kappa shape index (κ1) is 17.9. The smallest absolute Gasteiger partial charge is 0.270 e. The number of benzene rings is 1. The van der Waals surface area contributed by atoms with E-state index in [4.69, 9.17) is 16.6 Å². The van der Waals surface area contributed by atoms with E-state index in [9.17, 15) is 9.59 Å². The van der Waals surface area contributed by atoms with Crippen molar-refractivity contribution in [3.05, 3.63) is 52.8 Å². The fourth-order valence-corrected chi connectivity index (χ4v) is 3.01. The van der Waals surface area contributed by atoms with Crippen LogP contribution in [0.1, 0.15) is 16.9 Å². The van der Waals surface area contributed by atoms with E-state index in [0.717, 1.165) is 11.1 Å². The number of nitrogens with one attached hydrogen (secondary N) is 1. The molecule has 1 aromatic carbocycles. The van der Waals surface area contributed by atoms with Crippen molar-refractivity contribution in [3.63, 3.8) is 0 Å². The summed E-state index contributed by atoms with van der Waals surface area (Å²) < 4.78 is 5.62. The first-order chi connectivity index (χ1) is 12.3. The molecule has 3 rings (SSSR count). The Kier molecular flexibility index (Phi) is 4.65. The molecule has 1 saturated heterocycles. The Hall–Kier alpha value is -2.93. The molecule has 134 valence electrons. The molecule has 0 saturated carbocycles. The molecule has 0 bridgehead atoms. The average molecular weight is 369 g/mol. The fourth-order valence-electron chi connectivity index (χ4n) is 2.73. The molecule has 0 aliphatic carbocycles. The maximum absolute atomic E-state index is 13.0. The third kappa shape index (κ3) is 3.25. The number of carbonyl (C=O) groups is 2. The molecule has 1 N–H and O–H groups in total. The Morgan fingerprint density at radius 3 is 2.50 bits per heavy atom. The summed E-state index contributed by atoms with van der Waals surface area (Å²) in [6.07, 6.45) is 1.43. The number of nitrogens with zero attached hydrogens (tertiary/aromatic N) is 2. The van der Waals surface area contributed by atoms with Crippen LogP contribution < -0.4 is 15.1 Å². The molecule has 0 unspecified atom stereocenters. The number of furan rings is 1. The highest BCUT2D eigenvalue weighted by Crippen LogP contribution is 2.27. The average Bonchev–Trinajstić information content (AvgIpc) is 3.02. The van der Waals surface area contributed by atoms with Crippen molar-refractivity contribution in [1.29, 1.82) is 0 Å². The zero-order chi connectivity index (χ0) is 19.0. The molecule has 6 nitrogen and oxygen atoms in total. The topological polar surface area (TPSA) is 65.8 Å². The molecule has 0 spiro atoms. The molecule has 26 heavy (non-hydrogen) atoms. The van der Waals surface area contributed by atoms with Crippen LogP contribution >= 0.6 is 12.2 Å². The number of carbonyl (C=O) groups excluding carboxylic acids is 2. The summed E-state index contributed by atoms with van der Waals surface area (Å²) in [4.78, 5) is 28.4. The standard InChI is InChI=1S/C19H19N3O3S/c1-11-5-7-15(12(2)9-11)22-18(24)14(17(23)20-19(22)26)10-13-6-8-16(25-13)21(3)4/h5-10H,1-4H3,(H,20,23,26)/b14-10-. The maximum atomic E-state index is 13.0. The van der Waals surface area contributed by atoms with Gasteiger partial charge in [0.2, 0.25) is 0 Å². The molecule has 2 aromatic rings. The van der Waals surface area contributed by atoms with Crippen molar-refractivity contribution in [2.45, 2.75) is 13.8 Å². The van der Waals surface area contributed by atoms with Gasteiger partial charge in [0.1, 0.15) is 11.3 Å². The van der Waals surface area contributed by atoms with Crippen molar-refractivity contribution in [2.24, 2.45) is 0 Å². The molecule has 1 aliphatic heterocycles. The highest BCUT2D eigenvalue weighted by molar-refractivity contribution is 7.80. The molecule has 2 amide bonds. The summed E-state index contributed by atoms with van der Waals surface area (Å²) in [7, 11) is 3.68. The Labute approximate surface area is 157 Å². The summed E-state index contributed by atoms with van der Waals surface area (Å²) in [6.45, 7) is 3.87. The minimum Gasteiger partial charge on any atom is -0.441 e. The van der Waals surface area contributed by atoms with Gasteiger partial charge in [-0.05, 0) is 49.8 Å². The summed E-state index contributed by atoms with van der Waals surface area (Å²) in [6, 6.07) is 9.15.